The van der Waals surface area contributed by atoms with E-state index >= 15 is 0 Å². The molecule has 101 valence electrons. The Morgan fingerprint density at radius 2 is 1.40 bits per heavy atom. The van der Waals surface area contributed by atoms with Crippen LogP contribution in [0.1, 0.15) is 22.3 Å². The third kappa shape index (κ3) is 2.48. The SMILES string of the molecule is FC(F)(F)Cc1ccccc1[C]1C=Cc2ccccc21. The fourth-order valence-corrected chi connectivity index (χ4v) is 2.54. The minimum Gasteiger partial charge on any atom is -0.171 e. The highest BCUT2D eigenvalue weighted by molar-refractivity contribution is 5.73. The number of alkyl halides is 3. The number of rotatable bonds is 2. The maximum atomic E-state index is 12.7. The average molecular weight is 273 g/mol. The van der Waals surface area contributed by atoms with Crippen molar-refractivity contribution in [3.05, 3.63) is 82.8 Å². The molecule has 1 radical (unpaired) electrons. The van der Waals surface area contributed by atoms with Crippen molar-refractivity contribution >= 4 is 6.08 Å². The summed E-state index contributed by atoms with van der Waals surface area (Å²) in [6, 6.07) is 14.5. The van der Waals surface area contributed by atoms with E-state index in [2.05, 4.69) is 0 Å². The molecule has 0 heterocycles. The molecule has 0 atom stereocenters. The Kier molecular flexibility index (Phi) is 3.13. The van der Waals surface area contributed by atoms with Crippen molar-refractivity contribution in [1.82, 2.24) is 0 Å². The molecule has 0 saturated heterocycles. The third-order valence-electron chi connectivity index (χ3n) is 3.38. The van der Waals surface area contributed by atoms with Crippen LogP contribution in [0.4, 0.5) is 13.2 Å². The number of benzene rings is 2. The van der Waals surface area contributed by atoms with Gasteiger partial charge in [-0.3, -0.25) is 0 Å². The molecule has 1 aliphatic rings. The predicted molar refractivity (Wildman–Crippen MR) is 73.1 cm³/mol. The van der Waals surface area contributed by atoms with Crippen molar-refractivity contribution in [3.63, 3.8) is 0 Å². The van der Waals surface area contributed by atoms with Crippen LogP contribution in [0.15, 0.2) is 54.6 Å². The molecule has 0 fully saturated rings. The van der Waals surface area contributed by atoms with Crippen LogP contribution in [0.5, 0.6) is 0 Å². The van der Waals surface area contributed by atoms with E-state index in [4.69, 9.17) is 0 Å². The van der Waals surface area contributed by atoms with Crippen molar-refractivity contribution in [3.8, 4) is 0 Å². The summed E-state index contributed by atoms with van der Waals surface area (Å²) in [6.45, 7) is 0. The second-order valence-electron chi connectivity index (χ2n) is 4.78. The molecular formula is C17H12F3. The van der Waals surface area contributed by atoms with Gasteiger partial charge in [0.15, 0.2) is 0 Å². The van der Waals surface area contributed by atoms with E-state index in [0.29, 0.717) is 11.1 Å². The number of halogens is 3. The minimum absolute atomic E-state index is 0.316. The van der Waals surface area contributed by atoms with Crippen LogP contribution >= 0.6 is 0 Å². The molecule has 3 rings (SSSR count). The molecule has 0 saturated carbocycles. The van der Waals surface area contributed by atoms with Crippen molar-refractivity contribution < 1.29 is 13.2 Å². The topological polar surface area (TPSA) is 0 Å². The van der Waals surface area contributed by atoms with Gasteiger partial charge in [-0.1, -0.05) is 60.7 Å². The van der Waals surface area contributed by atoms with E-state index in [1.54, 1.807) is 24.3 Å². The lowest BCUT2D eigenvalue weighted by molar-refractivity contribution is -0.127. The Morgan fingerprint density at radius 3 is 2.15 bits per heavy atom. The molecule has 2 aromatic carbocycles. The molecule has 0 bridgehead atoms. The maximum Gasteiger partial charge on any atom is 0.393 e. The molecular weight excluding hydrogens is 261 g/mol. The highest BCUT2D eigenvalue weighted by Crippen LogP contribution is 2.37. The lowest BCUT2D eigenvalue weighted by Gasteiger charge is -2.16. The van der Waals surface area contributed by atoms with E-state index < -0.39 is 12.6 Å². The van der Waals surface area contributed by atoms with E-state index in [1.807, 2.05) is 36.4 Å². The summed E-state index contributed by atoms with van der Waals surface area (Å²) >= 11 is 0. The van der Waals surface area contributed by atoms with Gasteiger partial charge in [0.05, 0.1) is 12.3 Å². The summed E-state index contributed by atoms with van der Waals surface area (Å²) in [4.78, 5) is 0. The van der Waals surface area contributed by atoms with E-state index in [9.17, 15) is 13.2 Å². The molecule has 0 aliphatic heterocycles. The molecule has 20 heavy (non-hydrogen) atoms. The summed E-state index contributed by atoms with van der Waals surface area (Å²) in [6.07, 6.45) is -1.27. The number of allylic oxidation sites excluding steroid dienone is 1. The largest absolute Gasteiger partial charge is 0.393 e. The van der Waals surface area contributed by atoms with Crippen molar-refractivity contribution in [2.24, 2.45) is 0 Å². The number of hydrogen-bond acceptors (Lipinski definition) is 0. The fraction of sp³-hybridized carbons (Fsp3) is 0.118. The van der Waals surface area contributed by atoms with Gasteiger partial charge in [0.2, 0.25) is 0 Å². The van der Waals surface area contributed by atoms with Gasteiger partial charge in [0.25, 0.3) is 0 Å². The monoisotopic (exact) mass is 273 g/mol. The van der Waals surface area contributed by atoms with Crippen LogP contribution < -0.4 is 0 Å². The Bertz CT molecular complexity index is 653. The van der Waals surface area contributed by atoms with Crippen LogP contribution in [0, 0.1) is 5.92 Å². The molecule has 0 spiro atoms. The fourth-order valence-electron chi connectivity index (χ4n) is 2.54. The molecule has 0 N–H and O–H groups in total. The van der Waals surface area contributed by atoms with Crippen LogP contribution in [-0.4, -0.2) is 6.18 Å². The molecule has 0 aromatic heterocycles. The van der Waals surface area contributed by atoms with Gasteiger partial charge in [-0.25, -0.2) is 0 Å². The standard InChI is InChI=1S/C17H12F3/c18-17(19,20)11-13-6-2-4-8-15(13)16-10-9-12-5-1-3-7-14(12)16/h1-10H,11H2. The first-order chi connectivity index (χ1) is 9.54. The molecule has 1 aliphatic carbocycles. The van der Waals surface area contributed by atoms with Gasteiger partial charge >= 0.3 is 6.18 Å². The van der Waals surface area contributed by atoms with Crippen molar-refractivity contribution in [2.45, 2.75) is 12.6 Å². The van der Waals surface area contributed by atoms with Gasteiger partial charge < -0.3 is 0 Å². The van der Waals surface area contributed by atoms with Crippen LogP contribution in [-0.2, 0) is 6.42 Å². The lowest BCUT2D eigenvalue weighted by atomic mass is 9.88. The Hall–Kier alpha value is -2.03. The predicted octanol–water partition coefficient (Wildman–Crippen LogP) is 4.79. The number of hydrogen-bond donors (Lipinski definition) is 0. The van der Waals surface area contributed by atoms with Crippen molar-refractivity contribution in [2.75, 3.05) is 0 Å². The second kappa shape index (κ2) is 4.82. The highest BCUT2D eigenvalue weighted by Gasteiger charge is 2.30. The molecule has 2 aromatic rings. The second-order valence-corrected chi connectivity index (χ2v) is 4.78. The summed E-state index contributed by atoms with van der Waals surface area (Å²) < 4.78 is 38.0. The molecule has 0 amide bonds. The van der Waals surface area contributed by atoms with Gasteiger partial charge in [-0.2, -0.15) is 13.2 Å². The Balaban J connectivity index is 2.02. The van der Waals surface area contributed by atoms with E-state index in [0.717, 1.165) is 17.0 Å². The Morgan fingerprint density at radius 1 is 0.750 bits per heavy atom. The summed E-state index contributed by atoms with van der Waals surface area (Å²) in [5.74, 6) is 0.862. The van der Waals surface area contributed by atoms with Crippen LogP contribution in [0.25, 0.3) is 6.08 Å². The zero-order valence-corrected chi connectivity index (χ0v) is 10.6. The van der Waals surface area contributed by atoms with Crippen molar-refractivity contribution in [1.29, 1.82) is 0 Å². The first-order valence-corrected chi connectivity index (χ1v) is 6.34. The quantitative estimate of drug-likeness (QED) is 0.738. The summed E-state index contributed by atoms with van der Waals surface area (Å²) in [7, 11) is 0. The first kappa shape index (κ1) is 13.0. The lowest BCUT2D eigenvalue weighted by Crippen LogP contribution is -2.14. The van der Waals surface area contributed by atoms with Gasteiger partial charge in [-0.15, -0.1) is 0 Å². The van der Waals surface area contributed by atoms with Crippen LogP contribution in [0.3, 0.4) is 0 Å². The van der Waals surface area contributed by atoms with Gasteiger partial charge in [-0.05, 0) is 22.3 Å². The molecule has 3 heteroatoms. The zero-order valence-electron chi connectivity index (χ0n) is 10.6. The third-order valence-corrected chi connectivity index (χ3v) is 3.38. The van der Waals surface area contributed by atoms with Crippen LogP contribution in [0.2, 0.25) is 0 Å². The first-order valence-electron chi connectivity index (χ1n) is 6.34. The Labute approximate surface area is 115 Å². The van der Waals surface area contributed by atoms with Gasteiger partial charge in [0.1, 0.15) is 0 Å². The average Bonchev–Trinajstić information content (AvgIpc) is 2.81. The molecule has 0 nitrogen and oxygen atoms in total. The minimum atomic E-state index is -4.20. The van der Waals surface area contributed by atoms with E-state index in [1.165, 1.54) is 0 Å². The smallest absolute Gasteiger partial charge is 0.171 e. The molecule has 0 unspecified atom stereocenters. The summed E-state index contributed by atoms with van der Waals surface area (Å²) in [5.41, 5.74) is 3.01. The van der Waals surface area contributed by atoms with E-state index in [-0.39, 0.29) is 0 Å². The van der Waals surface area contributed by atoms with Gasteiger partial charge in [0, 0.05) is 0 Å². The maximum absolute atomic E-state index is 12.7. The normalized spacial score (nSPS) is 14.6. The number of fused-ring (bicyclic) bond motifs is 1. The highest BCUT2D eigenvalue weighted by atomic mass is 19.4. The zero-order chi connectivity index (χ0) is 14.2. The summed E-state index contributed by atoms with van der Waals surface area (Å²) in [5, 5.41) is 0.